The number of anilines is 1. The Hall–Kier alpha value is -2.68. The highest BCUT2D eigenvalue weighted by atomic mass is 16.1. The molecule has 0 saturated heterocycles. The fraction of sp³-hybridized carbons (Fsp3) is 0. The van der Waals surface area contributed by atoms with Crippen LogP contribution in [0.5, 0.6) is 0 Å². The number of carbonyl (C=O) groups excluding carboxylic acids is 1. The smallest absolute Gasteiger partial charge is 0.211 e. The molecule has 2 aromatic carbocycles. The minimum atomic E-state index is 0.678. The lowest BCUT2D eigenvalue weighted by molar-refractivity contribution is -0.105. The maximum atomic E-state index is 10.5. The molecule has 92 valence electrons. The lowest BCUT2D eigenvalue weighted by Crippen LogP contribution is -1.93. The normalized spacial score (nSPS) is 10.3. The molecule has 19 heavy (non-hydrogen) atoms. The molecule has 0 unspecified atom stereocenters. The fourth-order valence-electron chi connectivity index (χ4n) is 2.09. The Labute approximate surface area is 110 Å². The first-order valence-electron chi connectivity index (χ1n) is 6.02. The molecule has 0 radical (unpaired) electrons. The van der Waals surface area contributed by atoms with Crippen molar-refractivity contribution in [2.45, 2.75) is 0 Å². The molecule has 0 atom stereocenters. The van der Waals surface area contributed by atoms with E-state index in [9.17, 15) is 4.79 Å². The van der Waals surface area contributed by atoms with E-state index in [1.54, 1.807) is 0 Å². The van der Waals surface area contributed by atoms with Crippen molar-refractivity contribution in [3.63, 3.8) is 0 Å². The van der Waals surface area contributed by atoms with Gasteiger partial charge in [0.1, 0.15) is 0 Å². The van der Waals surface area contributed by atoms with Gasteiger partial charge in [0.15, 0.2) is 0 Å². The van der Waals surface area contributed by atoms with Gasteiger partial charge in [-0.05, 0) is 29.8 Å². The highest BCUT2D eigenvalue weighted by Crippen LogP contribution is 2.24. The van der Waals surface area contributed by atoms with Gasteiger partial charge in [-0.1, -0.05) is 30.3 Å². The molecule has 0 aliphatic rings. The average Bonchev–Trinajstić information content (AvgIpc) is 2.47. The van der Waals surface area contributed by atoms with Crippen LogP contribution in [0.4, 0.5) is 5.69 Å². The molecule has 1 heterocycles. The van der Waals surface area contributed by atoms with Crippen molar-refractivity contribution < 1.29 is 4.79 Å². The number of fused-ring (bicyclic) bond motifs is 1. The minimum Gasteiger partial charge on any atom is -0.329 e. The molecule has 0 bridgehead atoms. The number of hydrogen-bond acceptors (Lipinski definition) is 2. The molecule has 3 aromatic rings. The van der Waals surface area contributed by atoms with Crippen LogP contribution in [0, 0.1) is 0 Å². The quantitative estimate of drug-likeness (QED) is 0.721. The zero-order valence-corrected chi connectivity index (χ0v) is 10.2. The summed E-state index contributed by atoms with van der Waals surface area (Å²) in [5.41, 5.74) is 3.83. The zero-order chi connectivity index (χ0) is 13.1. The van der Waals surface area contributed by atoms with Gasteiger partial charge in [-0.3, -0.25) is 9.78 Å². The molecular formula is C16H12N2O. The summed E-state index contributed by atoms with van der Waals surface area (Å²) in [5, 5.41) is 3.76. The van der Waals surface area contributed by atoms with E-state index in [2.05, 4.69) is 16.4 Å². The number of amides is 1. The standard InChI is InChI=1S/C16H12N2O/c19-11-18-15-6-3-5-12(9-15)14-8-13-4-1-2-7-16(13)17-10-14/h1-11H,(H,18,19). The van der Waals surface area contributed by atoms with E-state index in [1.165, 1.54) is 0 Å². The molecule has 3 heteroatoms. The van der Waals surface area contributed by atoms with E-state index >= 15 is 0 Å². The van der Waals surface area contributed by atoms with Gasteiger partial charge in [-0.25, -0.2) is 0 Å². The summed E-state index contributed by atoms with van der Waals surface area (Å²) in [6.45, 7) is 0. The maximum absolute atomic E-state index is 10.5. The number of benzene rings is 2. The van der Waals surface area contributed by atoms with Crippen molar-refractivity contribution in [1.82, 2.24) is 4.98 Å². The van der Waals surface area contributed by atoms with Crippen LogP contribution >= 0.6 is 0 Å². The van der Waals surface area contributed by atoms with E-state index in [0.29, 0.717) is 6.41 Å². The number of hydrogen-bond donors (Lipinski definition) is 1. The van der Waals surface area contributed by atoms with Crippen molar-refractivity contribution in [2.24, 2.45) is 0 Å². The summed E-state index contributed by atoms with van der Waals surface area (Å²) in [7, 11) is 0. The summed E-state index contributed by atoms with van der Waals surface area (Å²) < 4.78 is 0. The summed E-state index contributed by atoms with van der Waals surface area (Å²) in [6.07, 6.45) is 2.53. The Morgan fingerprint density at radius 2 is 1.84 bits per heavy atom. The average molecular weight is 248 g/mol. The number of pyridine rings is 1. The van der Waals surface area contributed by atoms with Crippen molar-refractivity contribution in [2.75, 3.05) is 5.32 Å². The Kier molecular flexibility index (Phi) is 2.94. The second kappa shape index (κ2) is 4.90. The monoisotopic (exact) mass is 248 g/mol. The van der Waals surface area contributed by atoms with E-state index < -0.39 is 0 Å². The van der Waals surface area contributed by atoms with Crippen LogP contribution in [-0.2, 0) is 4.79 Å². The van der Waals surface area contributed by atoms with E-state index in [0.717, 1.165) is 27.7 Å². The van der Waals surface area contributed by atoms with Crippen LogP contribution < -0.4 is 5.32 Å². The number of para-hydroxylation sites is 1. The molecule has 0 aliphatic carbocycles. The molecule has 0 aliphatic heterocycles. The van der Waals surface area contributed by atoms with E-state index in [4.69, 9.17) is 0 Å². The number of nitrogens with one attached hydrogen (secondary N) is 1. The van der Waals surface area contributed by atoms with Crippen LogP contribution in [-0.4, -0.2) is 11.4 Å². The van der Waals surface area contributed by atoms with Crippen molar-refractivity contribution in [1.29, 1.82) is 0 Å². The van der Waals surface area contributed by atoms with Crippen LogP contribution in [0.3, 0.4) is 0 Å². The first-order valence-corrected chi connectivity index (χ1v) is 6.02. The zero-order valence-electron chi connectivity index (χ0n) is 10.2. The second-order valence-corrected chi connectivity index (χ2v) is 4.26. The Balaban J connectivity index is 2.08. The fourth-order valence-corrected chi connectivity index (χ4v) is 2.09. The Bertz CT molecular complexity index is 737. The molecule has 1 amide bonds. The molecule has 0 spiro atoms. The van der Waals surface area contributed by atoms with Crippen LogP contribution in [0.15, 0.2) is 60.8 Å². The van der Waals surface area contributed by atoms with Crippen molar-refractivity contribution >= 4 is 23.0 Å². The first kappa shape index (κ1) is 11.4. The molecule has 1 N–H and O–H groups in total. The highest BCUT2D eigenvalue weighted by Gasteiger charge is 2.01. The predicted molar refractivity (Wildman–Crippen MR) is 76.9 cm³/mol. The molecule has 3 nitrogen and oxygen atoms in total. The van der Waals surface area contributed by atoms with Gasteiger partial charge in [0.05, 0.1) is 5.52 Å². The number of carbonyl (C=O) groups is 1. The third-order valence-corrected chi connectivity index (χ3v) is 3.01. The van der Waals surface area contributed by atoms with Crippen molar-refractivity contribution in [3.05, 3.63) is 60.8 Å². The SMILES string of the molecule is O=CNc1cccc(-c2cnc3ccccc3c2)c1. The summed E-state index contributed by atoms with van der Waals surface area (Å²) in [4.78, 5) is 14.9. The summed E-state index contributed by atoms with van der Waals surface area (Å²) in [6, 6.07) is 17.8. The Morgan fingerprint density at radius 3 is 2.74 bits per heavy atom. The molecule has 3 rings (SSSR count). The van der Waals surface area contributed by atoms with E-state index in [-0.39, 0.29) is 0 Å². The third kappa shape index (κ3) is 2.31. The minimum absolute atomic E-state index is 0.678. The molecule has 1 aromatic heterocycles. The summed E-state index contributed by atoms with van der Waals surface area (Å²) in [5.74, 6) is 0. The van der Waals surface area contributed by atoms with Gasteiger partial charge >= 0.3 is 0 Å². The van der Waals surface area contributed by atoms with Gasteiger partial charge in [0, 0.05) is 22.8 Å². The maximum Gasteiger partial charge on any atom is 0.211 e. The lowest BCUT2D eigenvalue weighted by Gasteiger charge is -2.05. The van der Waals surface area contributed by atoms with Crippen molar-refractivity contribution in [3.8, 4) is 11.1 Å². The highest BCUT2D eigenvalue weighted by molar-refractivity contribution is 5.84. The Morgan fingerprint density at radius 1 is 0.947 bits per heavy atom. The summed E-state index contributed by atoms with van der Waals surface area (Å²) >= 11 is 0. The number of rotatable bonds is 3. The largest absolute Gasteiger partial charge is 0.329 e. The van der Waals surface area contributed by atoms with Crippen LogP contribution in [0.1, 0.15) is 0 Å². The topological polar surface area (TPSA) is 42.0 Å². The lowest BCUT2D eigenvalue weighted by atomic mass is 10.0. The van der Waals surface area contributed by atoms with Gasteiger partial charge in [-0.15, -0.1) is 0 Å². The predicted octanol–water partition coefficient (Wildman–Crippen LogP) is 3.47. The molecule has 0 saturated carbocycles. The third-order valence-electron chi connectivity index (χ3n) is 3.01. The van der Waals surface area contributed by atoms with Gasteiger partial charge < -0.3 is 5.32 Å². The molecule has 0 fully saturated rings. The first-order chi connectivity index (χ1) is 9.36. The van der Waals surface area contributed by atoms with Crippen LogP contribution in [0.25, 0.3) is 22.0 Å². The number of nitrogens with zero attached hydrogens (tertiary/aromatic N) is 1. The van der Waals surface area contributed by atoms with Gasteiger partial charge in [-0.2, -0.15) is 0 Å². The molecular weight excluding hydrogens is 236 g/mol. The van der Waals surface area contributed by atoms with Crippen LogP contribution in [0.2, 0.25) is 0 Å². The van der Waals surface area contributed by atoms with Gasteiger partial charge in [0.25, 0.3) is 0 Å². The second-order valence-electron chi connectivity index (χ2n) is 4.26. The van der Waals surface area contributed by atoms with E-state index in [1.807, 2.05) is 54.7 Å². The number of aromatic nitrogens is 1. The van der Waals surface area contributed by atoms with Gasteiger partial charge in [0.2, 0.25) is 6.41 Å².